The number of benzene rings is 1. The number of nitrogens with zero attached hydrogens (tertiary/aromatic N) is 7. The molecule has 0 spiro atoms. The first kappa shape index (κ1) is 22.4. The van der Waals surface area contributed by atoms with Crippen LogP contribution in [0.5, 0.6) is 5.75 Å². The molecule has 2 fully saturated rings. The summed E-state index contributed by atoms with van der Waals surface area (Å²) in [4.78, 5) is 18.6. The van der Waals surface area contributed by atoms with Crippen molar-refractivity contribution in [3.63, 3.8) is 0 Å². The first-order valence-corrected chi connectivity index (χ1v) is 12.0. The summed E-state index contributed by atoms with van der Waals surface area (Å²) in [6.07, 6.45) is 7.74. The molecule has 6 rings (SSSR count). The van der Waals surface area contributed by atoms with E-state index in [-0.39, 0.29) is 11.6 Å². The highest BCUT2D eigenvalue weighted by Crippen LogP contribution is 2.31. The molecule has 1 aromatic carbocycles. The number of hydrogen-bond acceptors (Lipinski definition) is 8. The van der Waals surface area contributed by atoms with Gasteiger partial charge in [0.25, 0.3) is 0 Å². The number of anilines is 3. The summed E-state index contributed by atoms with van der Waals surface area (Å²) in [6, 6.07) is 13.6. The molecule has 9 nitrogen and oxygen atoms in total. The third kappa shape index (κ3) is 4.13. The molecule has 4 aromatic rings. The van der Waals surface area contributed by atoms with Crippen LogP contribution in [0.25, 0.3) is 17.1 Å². The summed E-state index contributed by atoms with van der Waals surface area (Å²) in [6.45, 7) is 1.99. The molecule has 0 amide bonds. The minimum Gasteiger partial charge on any atom is -0.494 e. The lowest BCUT2D eigenvalue weighted by Crippen LogP contribution is -2.52. The van der Waals surface area contributed by atoms with Crippen molar-refractivity contribution in [2.75, 3.05) is 37.5 Å². The molecular formula is C26H27FN8O. The third-order valence-electron chi connectivity index (χ3n) is 7.09. The van der Waals surface area contributed by atoms with Gasteiger partial charge in [0, 0.05) is 43.1 Å². The summed E-state index contributed by atoms with van der Waals surface area (Å²) < 4.78 is 21.3. The zero-order chi connectivity index (χ0) is 24.6. The quantitative estimate of drug-likeness (QED) is 0.439. The normalized spacial score (nSPS) is 19.5. The maximum atomic E-state index is 14.3. The van der Waals surface area contributed by atoms with Gasteiger partial charge in [-0.2, -0.15) is 5.10 Å². The second-order valence-electron chi connectivity index (χ2n) is 9.19. The molecule has 0 radical (unpaired) electrons. The number of pyridine rings is 1. The number of halogens is 1. The van der Waals surface area contributed by atoms with E-state index in [9.17, 15) is 4.39 Å². The predicted octanol–water partition coefficient (Wildman–Crippen LogP) is 3.90. The van der Waals surface area contributed by atoms with E-state index in [1.165, 1.54) is 26.0 Å². The lowest BCUT2D eigenvalue weighted by molar-refractivity contribution is 0.212. The van der Waals surface area contributed by atoms with Gasteiger partial charge >= 0.3 is 0 Å². The zero-order valence-corrected chi connectivity index (χ0v) is 20.2. The van der Waals surface area contributed by atoms with E-state index in [1.807, 2.05) is 18.3 Å². The van der Waals surface area contributed by atoms with Crippen LogP contribution in [-0.2, 0) is 0 Å². The van der Waals surface area contributed by atoms with E-state index in [1.54, 1.807) is 35.3 Å². The molecule has 10 heteroatoms. The first-order valence-electron chi connectivity index (χ1n) is 12.0. The van der Waals surface area contributed by atoms with E-state index in [4.69, 9.17) is 9.72 Å². The Morgan fingerprint density at radius 2 is 1.78 bits per heavy atom. The van der Waals surface area contributed by atoms with Crippen molar-refractivity contribution in [2.24, 2.45) is 0 Å². The number of ether oxygens (including phenoxy) is 1. The Hall–Kier alpha value is -4.05. The van der Waals surface area contributed by atoms with Gasteiger partial charge in [-0.05, 0) is 50.2 Å². The van der Waals surface area contributed by atoms with Crippen LogP contribution in [0, 0.1) is 5.82 Å². The van der Waals surface area contributed by atoms with E-state index in [2.05, 4.69) is 43.3 Å². The summed E-state index contributed by atoms with van der Waals surface area (Å²) in [5, 5.41) is 7.45. The van der Waals surface area contributed by atoms with Gasteiger partial charge in [-0.3, -0.25) is 4.90 Å². The van der Waals surface area contributed by atoms with E-state index in [0.717, 1.165) is 30.3 Å². The number of rotatable bonds is 6. The second kappa shape index (κ2) is 9.19. The van der Waals surface area contributed by atoms with Crippen LogP contribution in [0.1, 0.15) is 12.8 Å². The van der Waals surface area contributed by atoms with Gasteiger partial charge in [-0.1, -0.05) is 12.1 Å². The molecule has 184 valence electrons. The van der Waals surface area contributed by atoms with Crippen LogP contribution in [0.2, 0.25) is 0 Å². The van der Waals surface area contributed by atoms with Crippen molar-refractivity contribution in [3.8, 4) is 22.8 Å². The summed E-state index contributed by atoms with van der Waals surface area (Å²) in [5.74, 6) is 1.90. The largest absolute Gasteiger partial charge is 0.494 e. The van der Waals surface area contributed by atoms with Gasteiger partial charge in [0.05, 0.1) is 19.0 Å². The molecule has 5 heterocycles. The molecular weight excluding hydrogens is 459 g/mol. The van der Waals surface area contributed by atoms with Crippen LogP contribution < -0.4 is 15.0 Å². The van der Waals surface area contributed by atoms with Crippen molar-refractivity contribution in [1.82, 2.24) is 29.6 Å². The molecule has 2 unspecified atom stereocenters. The lowest BCUT2D eigenvalue weighted by atomic mass is 10.2. The predicted molar refractivity (Wildman–Crippen MR) is 135 cm³/mol. The molecule has 2 aliphatic heterocycles. The molecule has 2 bridgehead atoms. The zero-order valence-electron chi connectivity index (χ0n) is 20.2. The van der Waals surface area contributed by atoms with Gasteiger partial charge in [0.2, 0.25) is 5.95 Å². The SMILES string of the molecule is COc1cccc(F)c1Nc1nccc(-c2cnn(-c3cccc(N4CC5CCC(C4)N5C)n3)c2)n1. The average molecular weight is 487 g/mol. The number of nitrogens with one attached hydrogen (secondary N) is 1. The molecule has 2 saturated heterocycles. The van der Waals surface area contributed by atoms with Crippen LogP contribution >= 0.6 is 0 Å². The fourth-order valence-electron chi connectivity index (χ4n) is 5.08. The molecule has 2 atom stereocenters. The molecule has 3 aromatic heterocycles. The van der Waals surface area contributed by atoms with Gasteiger partial charge in [-0.15, -0.1) is 0 Å². The fourth-order valence-corrected chi connectivity index (χ4v) is 5.08. The summed E-state index contributed by atoms with van der Waals surface area (Å²) in [7, 11) is 3.72. The van der Waals surface area contributed by atoms with Crippen molar-refractivity contribution >= 4 is 17.5 Å². The van der Waals surface area contributed by atoms with E-state index >= 15 is 0 Å². The Morgan fingerprint density at radius 3 is 2.58 bits per heavy atom. The van der Waals surface area contributed by atoms with Crippen molar-refractivity contribution in [3.05, 3.63) is 66.9 Å². The monoisotopic (exact) mass is 486 g/mol. The molecule has 36 heavy (non-hydrogen) atoms. The number of likely N-dealkylation sites (N-methyl/N-ethyl adjacent to an activating group) is 1. The topological polar surface area (TPSA) is 84.2 Å². The van der Waals surface area contributed by atoms with Crippen molar-refractivity contribution in [2.45, 2.75) is 24.9 Å². The maximum absolute atomic E-state index is 14.3. The van der Waals surface area contributed by atoms with Crippen LogP contribution in [0.3, 0.4) is 0 Å². The van der Waals surface area contributed by atoms with E-state index < -0.39 is 5.82 Å². The first-order chi connectivity index (χ1) is 17.6. The number of methoxy groups -OCH3 is 1. The molecule has 1 N–H and O–H groups in total. The summed E-state index contributed by atoms with van der Waals surface area (Å²) in [5.41, 5.74) is 1.64. The van der Waals surface area contributed by atoms with Gasteiger partial charge < -0.3 is 15.0 Å². The fraction of sp³-hybridized carbons (Fsp3) is 0.308. The Balaban J connectivity index is 1.23. The van der Waals surface area contributed by atoms with Crippen LogP contribution in [-0.4, -0.2) is 69.0 Å². The smallest absolute Gasteiger partial charge is 0.227 e. The lowest BCUT2D eigenvalue weighted by Gasteiger charge is -2.39. The number of fused-ring (bicyclic) bond motifs is 2. The second-order valence-corrected chi connectivity index (χ2v) is 9.19. The average Bonchev–Trinajstić information content (AvgIpc) is 3.46. The highest BCUT2D eigenvalue weighted by atomic mass is 19.1. The highest BCUT2D eigenvalue weighted by molar-refractivity contribution is 5.65. The van der Waals surface area contributed by atoms with Crippen molar-refractivity contribution < 1.29 is 9.13 Å². The third-order valence-corrected chi connectivity index (χ3v) is 7.09. The van der Waals surface area contributed by atoms with Crippen molar-refractivity contribution in [1.29, 1.82) is 0 Å². The Kier molecular flexibility index (Phi) is 5.73. The van der Waals surface area contributed by atoms with Crippen LogP contribution in [0.15, 0.2) is 61.1 Å². The van der Waals surface area contributed by atoms with Crippen LogP contribution in [0.4, 0.5) is 21.8 Å². The Morgan fingerprint density at radius 1 is 1.00 bits per heavy atom. The van der Waals surface area contributed by atoms with E-state index in [0.29, 0.717) is 23.5 Å². The maximum Gasteiger partial charge on any atom is 0.227 e. The van der Waals surface area contributed by atoms with Gasteiger partial charge in [0.15, 0.2) is 11.6 Å². The van der Waals surface area contributed by atoms with Gasteiger partial charge in [-0.25, -0.2) is 24.0 Å². The Labute approximate surface area is 208 Å². The molecule has 0 saturated carbocycles. The minimum absolute atomic E-state index is 0.186. The highest BCUT2D eigenvalue weighted by Gasteiger charge is 2.37. The number of piperazine rings is 1. The summed E-state index contributed by atoms with van der Waals surface area (Å²) >= 11 is 0. The molecule has 2 aliphatic rings. The molecule has 0 aliphatic carbocycles. The standard InChI is InChI=1S/C26H27FN8O/c1-33-18-9-10-19(33)16-34(15-18)23-7-4-8-24(31-23)35-14-17(13-29-35)21-11-12-28-26(30-21)32-25-20(27)5-3-6-22(25)36-2/h3-8,11-14,18-19H,9-10,15-16H2,1-2H3,(H,28,30,32). The number of aromatic nitrogens is 5. The number of para-hydroxylation sites is 1. The van der Waals surface area contributed by atoms with Gasteiger partial charge in [0.1, 0.15) is 17.3 Å². The minimum atomic E-state index is -0.449. The number of hydrogen-bond donors (Lipinski definition) is 1. The Bertz CT molecular complexity index is 1380.